The molecule has 5 aromatic rings. The highest BCUT2D eigenvalue weighted by Crippen LogP contribution is 2.57. The summed E-state index contributed by atoms with van der Waals surface area (Å²) in [6, 6.07) is 31.5. The van der Waals surface area contributed by atoms with Gasteiger partial charge in [-0.3, -0.25) is 0 Å². The lowest BCUT2D eigenvalue weighted by atomic mass is 9.79. The summed E-state index contributed by atoms with van der Waals surface area (Å²) >= 11 is 0. The Morgan fingerprint density at radius 1 is 0.562 bits per heavy atom. The van der Waals surface area contributed by atoms with Crippen molar-refractivity contribution in [3.05, 3.63) is 118 Å². The van der Waals surface area contributed by atoms with Crippen molar-refractivity contribution in [3.63, 3.8) is 0 Å². The fourth-order valence-corrected chi connectivity index (χ4v) is 6.29. The number of aryl methyl sites for hydroxylation is 2. The Labute approximate surface area is 188 Å². The van der Waals surface area contributed by atoms with Crippen molar-refractivity contribution in [2.24, 2.45) is 0 Å². The lowest BCUT2D eigenvalue weighted by molar-refractivity contribution is 0.987. The van der Waals surface area contributed by atoms with Crippen LogP contribution in [0.3, 0.4) is 0 Å². The minimum Gasteiger partial charge on any atom is -0.0622 e. The molecule has 2 aliphatic rings. The molecule has 0 bridgehead atoms. The van der Waals surface area contributed by atoms with Crippen LogP contribution in [0.5, 0.6) is 0 Å². The van der Waals surface area contributed by atoms with Crippen molar-refractivity contribution in [1.82, 2.24) is 0 Å². The summed E-state index contributed by atoms with van der Waals surface area (Å²) in [5.41, 5.74) is 14.5. The predicted octanol–water partition coefficient (Wildman–Crippen LogP) is 8.50. The van der Waals surface area contributed by atoms with E-state index in [4.69, 9.17) is 0 Å². The molecule has 5 aromatic carbocycles. The van der Waals surface area contributed by atoms with Gasteiger partial charge in [-0.1, -0.05) is 84.9 Å². The molecule has 2 aliphatic carbocycles. The number of hydrogen-bond acceptors (Lipinski definition) is 0. The van der Waals surface area contributed by atoms with Gasteiger partial charge >= 0.3 is 0 Å². The summed E-state index contributed by atoms with van der Waals surface area (Å²) in [6.45, 7) is 4.59. The molecule has 0 radical (unpaired) electrons. The smallest absolute Gasteiger partial charge is 0.00110 e. The van der Waals surface area contributed by atoms with Gasteiger partial charge in [0.1, 0.15) is 0 Å². The number of hydrogen-bond donors (Lipinski definition) is 0. The van der Waals surface area contributed by atoms with Gasteiger partial charge in [0.05, 0.1) is 0 Å². The van der Waals surface area contributed by atoms with Crippen LogP contribution in [0.4, 0.5) is 0 Å². The van der Waals surface area contributed by atoms with E-state index in [-0.39, 0.29) is 0 Å². The van der Waals surface area contributed by atoms with Crippen LogP contribution in [0.2, 0.25) is 0 Å². The molecule has 0 N–H and O–H groups in total. The largest absolute Gasteiger partial charge is 0.0622 e. The fourth-order valence-electron chi connectivity index (χ4n) is 6.29. The third kappa shape index (κ3) is 2.22. The van der Waals surface area contributed by atoms with Gasteiger partial charge in [0.25, 0.3) is 0 Å². The van der Waals surface area contributed by atoms with Crippen molar-refractivity contribution >= 4 is 32.7 Å². The normalized spacial score (nSPS) is 14.2. The van der Waals surface area contributed by atoms with E-state index < -0.39 is 0 Å². The molecule has 0 amide bonds. The van der Waals surface area contributed by atoms with Gasteiger partial charge in [0, 0.05) is 0 Å². The molecule has 0 saturated heterocycles. The monoisotopic (exact) mass is 408 g/mol. The van der Waals surface area contributed by atoms with Crippen molar-refractivity contribution in [2.45, 2.75) is 26.7 Å². The molecule has 0 heteroatoms. The van der Waals surface area contributed by atoms with Crippen LogP contribution >= 0.6 is 0 Å². The van der Waals surface area contributed by atoms with Crippen LogP contribution < -0.4 is 0 Å². The molecule has 0 aliphatic heterocycles. The first-order valence-electron chi connectivity index (χ1n) is 11.6. The molecule has 0 unspecified atom stereocenters. The van der Waals surface area contributed by atoms with Gasteiger partial charge in [0.2, 0.25) is 0 Å². The number of rotatable bonds is 1. The summed E-state index contributed by atoms with van der Waals surface area (Å²) < 4.78 is 0. The first-order valence-corrected chi connectivity index (χ1v) is 11.6. The van der Waals surface area contributed by atoms with Gasteiger partial charge in [-0.2, -0.15) is 0 Å². The number of allylic oxidation sites excluding steroid dienone is 1. The summed E-state index contributed by atoms with van der Waals surface area (Å²) in [5, 5.41) is 5.54. The van der Waals surface area contributed by atoms with Crippen molar-refractivity contribution in [1.29, 1.82) is 0 Å². The molecule has 7 rings (SSSR count). The molecule has 0 atom stereocenters. The molecule has 0 nitrogen and oxygen atoms in total. The average molecular weight is 409 g/mol. The third-order valence-electron chi connectivity index (χ3n) is 7.67. The maximum Gasteiger partial charge on any atom is -0.00110 e. The zero-order valence-electron chi connectivity index (χ0n) is 18.5. The molecular formula is C32H24. The lowest BCUT2D eigenvalue weighted by Crippen LogP contribution is -2.06. The lowest BCUT2D eigenvalue weighted by Gasteiger charge is -2.25. The van der Waals surface area contributed by atoms with Crippen LogP contribution in [0.15, 0.2) is 84.9 Å². The van der Waals surface area contributed by atoms with Crippen molar-refractivity contribution < 1.29 is 0 Å². The van der Waals surface area contributed by atoms with Gasteiger partial charge in [-0.05, 0) is 104 Å². The van der Waals surface area contributed by atoms with E-state index in [0.717, 1.165) is 12.8 Å². The summed E-state index contributed by atoms with van der Waals surface area (Å²) in [7, 11) is 0. The zero-order valence-corrected chi connectivity index (χ0v) is 18.5. The standard InChI is InChI=1S/C32H24/c1-19-18-28-29-25(21-10-4-3-5-11-21)17-16-24-20(2)23-13-7-9-15-27(23)32(31(24)29)30(28)26-14-8-6-12-22(19)26/h3-15,18H,16-17H2,1-2H3. The van der Waals surface area contributed by atoms with Crippen LogP contribution in [-0.2, 0) is 6.42 Å². The Morgan fingerprint density at radius 3 is 1.94 bits per heavy atom. The minimum atomic E-state index is 1.09. The molecule has 0 heterocycles. The Hall–Kier alpha value is -3.64. The molecule has 0 spiro atoms. The summed E-state index contributed by atoms with van der Waals surface area (Å²) in [5.74, 6) is 0. The predicted molar refractivity (Wildman–Crippen MR) is 137 cm³/mol. The zero-order chi connectivity index (χ0) is 21.4. The summed E-state index contributed by atoms with van der Waals surface area (Å²) in [4.78, 5) is 0. The second-order valence-corrected chi connectivity index (χ2v) is 9.28. The second kappa shape index (κ2) is 6.43. The SMILES string of the molecule is Cc1cc2c(c3ccccc13)-c1c3c(c(C)c4ccccc14)CCC(c1ccccc1)=C23. The number of benzene rings is 5. The van der Waals surface area contributed by atoms with E-state index in [1.807, 2.05) is 0 Å². The Bertz CT molecular complexity index is 1610. The highest BCUT2D eigenvalue weighted by molar-refractivity contribution is 6.23. The topological polar surface area (TPSA) is 0 Å². The van der Waals surface area contributed by atoms with Crippen LogP contribution in [0.1, 0.15) is 39.8 Å². The van der Waals surface area contributed by atoms with Crippen LogP contribution in [-0.4, -0.2) is 0 Å². The molecule has 32 heavy (non-hydrogen) atoms. The van der Waals surface area contributed by atoms with Crippen molar-refractivity contribution in [2.75, 3.05) is 0 Å². The van der Waals surface area contributed by atoms with Gasteiger partial charge < -0.3 is 0 Å². The van der Waals surface area contributed by atoms with E-state index in [0.29, 0.717) is 0 Å². The Kier molecular flexibility index (Phi) is 3.62. The molecule has 0 aromatic heterocycles. The second-order valence-electron chi connectivity index (χ2n) is 9.28. The van der Waals surface area contributed by atoms with Crippen LogP contribution in [0.25, 0.3) is 43.8 Å². The maximum absolute atomic E-state index is 2.45. The van der Waals surface area contributed by atoms with Crippen molar-refractivity contribution in [3.8, 4) is 11.1 Å². The highest BCUT2D eigenvalue weighted by atomic mass is 14.4. The molecule has 0 saturated carbocycles. The first-order chi connectivity index (χ1) is 15.7. The average Bonchev–Trinajstić information content (AvgIpc) is 3.19. The quantitative estimate of drug-likeness (QED) is 0.256. The Morgan fingerprint density at radius 2 is 1.19 bits per heavy atom. The fraction of sp³-hybridized carbons (Fsp3) is 0.125. The van der Waals surface area contributed by atoms with E-state index in [1.165, 1.54) is 71.6 Å². The maximum atomic E-state index is 2.45. The highest BCUT2D eigenvalue weighted by Gasteiger charge is 2.35. The first kappa shape index (κ1) is 18.0. The summed E-state index contributed by atoms with van der Waals surface area (Å²) in [6.07, 6.45) is 2.20. The van der Waals surface area contributed by atoms with E-state index in [1.54, 1.807) is 5.56 Å². The van der Waals surface area contributed by atoms with E-state index in [9.17, 15) is 0 Å². The molecule has 152 valence electrons. The molecule has 0 fully saturated rings. The minimum absolute atomic E-state index is 1.09. The van der Waals surface area contributed by atoms with Gasteiger partial charge in [-0.15, -0.1) is 0 Å². The molecular weight excluding hydrogens is 384 g/mol. The van der Waals surface area contributed by atoms with Crippen LogP contribution in [0, 0.1) is 13.8 Å². The van der Waals surface area contributed by atoms with E-state index in [2.05, 4.69) is 98.8 Å². The Balaban J connectivity index is 1.76. The third-order valence-corrected chi connectivity index (χ3v) is 7.67. The van der Waals surface area contributed by atoms with Gasteiger partial charge in [0.15, 0.2) is 0 Å². The van der Waals surface area contributed by atoms with E-state index >= 15 is 0 Å². The number of fused-ring (bicyclic) bond motifs is 7. The van der Waals surface area contributed by atoms with Gasteiger partial charge in [-0.25, -0.2) is 0 Å².